The van der Waals surface area contributed by atoms with Crippen LogP contribution >= 0.6 is 7.75 Å². The summed E-state index contributed by atoms with van der Waals surface area (Å²) in [6, 6.07) is -0.859. The maximum Gasteiger partial charge on any atom is 0.457 e. The molecule has 11 heavy (non-hydrogen) atoms. The van der Waals surface area contributed by atoms with Gasteiger partial charge in [-0.3, -0.25) is 9.32 Å². The van der Waals surface area contributed by atoms with Crippen molar-refractivity contribution in [2.45, 2.75) is 13.0 Å². The van der Waals surface area contributed by atoms with Crippen LogP contribution < -0.4 is 11.2 Å². The van der Waals surface area contributed by atoms with Gasteiger partial charge in [-0.1, -0.05) is 0 Å². The highest BCUT2D eigenvalue weighted by Crippen LogP contribution is 2.37. The van der Waals surface area contributed by atoms with Crippen molar-refractivity contribution in [3.63, 3.8) is 0 Å². The van der Waals surface area contributed by atoms with Crippen LogP contribution in [0.3, 0.4) is 0 Å². The van der Waals surface area contributed by atoms with Gasteiger partial charge in [-0.15, -0.1) is 0 Å². The molecule has 0 spiro atoms. The first-order chi connectivity index (χ1) is 4.89. The van der Waals surface area contributed by atoms with E-state index in [4.69, 9.17) is 11.2 Å². The highest BCUT2D eigenvalue weighted by Gasteiger charge is 2.23. The van der Waals surface area contributed by atoms with E-state index in [2.05, 4.69) is 9.05 Å². The number of nitrogens with two attached hydrogens (primary N) is 2. The van der Waals surface area contributed by atoms with Gasteiger partial charge in [0.2, 0.25) is 0 Å². The third kappa shape index (κ3) is 4.10. The average Bonchev–Trinajstić information content (AvgIpc) is 1.87. The topological polar surface area (TPSA) is 105 Å². The summed E-state index contributed by atoms with van der Waals surface area (Å²) in [4.78, 5) is 10.6. The predicted molar refractivity (Wildman–Crippen MR) is 38.5 cm³/mol. The average molecular weight is 182 g/mol. The summed E-state index contributed by atoms with van der Waals surface area (Å²) in [5.74, 6) is -0.849. The van der Waals surface area contributed by atoms with Crippen LogP contribution in [0.25, 0.3) is 0 Å². The van der Waals surface area contributed by atoms with Gasteiger partial charge < -0.3 is 10.3 Å². The molecule has 0 fully saturated rings. The standard InChI is InChI=1S/C4H11N2O4P/c1-3(5)4(7)10-11(6,8)9-2/h3H,5H2,1-2H3,(H2,6,8)/t3-,11?/m0/s1. The Hall–Kier alpha value is -0.420. The molecule has 0 saturated carbocycles. The molecule has 66 valence electrons. The van der Waals surface area contributed by atoms with Crippen LogP contribution in [0.5, 0.6) is 0 Å². The Morgan fingerprint density at radius 1 is 1.64 bits per heavy atom. The molecule has 6 nitrogen and oxygen atoms in total. The van der Waals surface area contributed by atoms with Crippen molar-refractivity contribution in [3.05, 3.63) is 0 Å². The van der Waals surface area contributed by atoms with Gasteiger partial charge in [-0.25, -0.2) is 10.1 Å². The molecule has 0 heterocycles. The van der Waals surface area contributed by atoms with E-state index in [9.17, 15) is 9.36 Å². The summed E-state index contributed by atoms with van der Waals surface area (Å²) in [6.07, 6.45) is 0. The summed E-state index contributed by atoms with van der Waals surface area (Å²) < 4.78 is 19.1. The first-order valence-electron chi connectivity index (χ1n) is 2.82. The van der Waals surface area contributed by atoms with Crippen molar-refractivity contribution in [2.24, 2.45) is 11.2 Å². The van der Waals surface area contributed by atoms with Crippen molar-refractivity contribution in [1.29, 1.82) is 0 Å². The summed E-state index contributed by atoms with van der Waals surface area (Å²) in [5.41, 5.74) is 9.98. The first kappa shape index (κ1) is 10.6. The van der Waals surface area contributed by atoms with E-state index in [0.717, 1.165) is 7.11 Å². The second kappa shape index (κ2) is 3.82. The first-order valence-corrected chi connectivity index (χ1v) is 4.43. The van der Waals surface area contributed by atoms with Gasteiger partial charge in [-0.05, 0) is 6.92 Å². The van der Waals surface area contributed by atoms with E-state index >= 15 is 0 Å². The summed E-state index contributed by atoms with van der Waals surface area (Å²) in [7, 11) is -2.63. The minimum Gasteiger partial charge on any atom is -0.379 e. The normalized spacial score (nSPS) is 18.5. The van der Waals surface area contributed by atoms with Crippen LogP contribution in [0, 0.1) is 0 Å². The Morgan fingerprint density at radius 2 is 2.09 bits per heavy atom. The highest BCUT2D eigenvalue weighted by atomic mass is 31.2. The molecule has 0 amide bonds. The minimum atomic E-state index is -3.71. The Morgan fingerprint density at radius 3 is 2.36 bits per heavy atom. The lowest BCUT2D eigenvalue weighted by Crippen LogP contribution is -2.28. The lowest BCUT2D eigenvalue weighted by atomic mass is 10.4. The summed E-state index contributed by atoms with van der Waals surface area (Å²) >= 11 is 0. The van der Waals surface area contributed by atoms with Crippen LogP contribution in [0.15, 0.2) is 0 Å². The number of carbonyl (C=O) groups is 1. The van der Waals surface area contributed by atoms with Gasteiger partial charge in [0.1, 0.15) is 6.04 Å². The van der Waals surface area contributed by atoms with E-state index in [-0.39, 0.29) is 0 Å². The molecule has 0 aliphatic rings. The van der Waals surface area contributed by atoms with Gasteiger partial charge in [0, 0.05) is 7.11 Å². The van der Waals surface area contributed by atoms with E-state index in [1.807, 2.05) is 0 Å². The van der Waals surface area contributed by atoms with Crippen LogP contribution in [-0.4, -0.2) is 19.1 Å². The molecule has 0 saturated heterocycles. The fourth-order valence-corrected chi connectivity index (χ4v) is 0.737. The van der Waals surface area contributed by atoms with Crippen LogP contribution in [0.4, 0.5) is 0 Å². The Labute approximate surface area is 64.4 Å². The van der Waals surface area contributed by atoms with Crippen molar-refractivity contribution in [3.8, 4) is 0 Å². The van der Waals surface area contributed by atoms with Gasteiger partial charge >= 0.3 is 13.7 Å². The van der Waals surface area contributed by atoms with E-state index in [0.29, 0.717) is 0 Å². The summed E-state index contributed by atoms with van der Waals surface area (Å²) in [6.45, 7) is 1.39. The number of carbonyl (C=O) groups excluding carboxylic acids is 1. The van der Waals surface area contributed by atoms with E-state index in [1.54, 1.807) is 0 Å². The van der Waals surface area contributed by atoms with Crippen LogP contribution in [-0.2, 0) is 18.4 Å². The zero-order valence-corrected chi connectivity index (χ0v) is 7.21. The fraction of sp³-hybridized carbons (Fsp3) is 0.750. The maximum atomic E-state index is 10.8. The molecule has 0 aromatic heterocycles. The van der Waals surface area contributed by atoms with Crippen molar-refractivity contribution < 1.29 is 18.4 Å². The molecule has 0 bridgehead atoms. The molecule has 4 N–H and O–H groups in total. The maximum absolute atomic E-state index is 10.8. The molecule has 1 unspecified atom stereocenters. The van der Waals surface area contributed by atoms with Crippen molar-refractivity contribution in [2.75, 3.05) is 7.11 Å². The molecule has 0 aromatic rings. The molecule has 0 aliphatic heterocycles. The third-order valence-corrected chi connectivity index (χ3v) is 1.79. The number of hydrogen-bond acceptors (Lipinski definition) is 5. The van der Waals surface area contributed by atoms with E-state index < -0.39 is 19.8 Å². The number of rotatable bonds is 3. The molecule has 7 heteroatoms. The van der Waals surface area contributed by atoms with Gasteiger partial charge in [0.25, 0.3) is 0 Å². The minimum absolute atomic E-state index is 0.849. The van der Waals surface area contributed by atoms with Gasteiger partial charge in [-0.2, -0.15) is 0 Å². The lowest BCUT2D eigenvalue weighted by molar-refractivity contribution is -0.136. The Kier molecular flexibility index (Phi) is 3.68. The SMILES string of the molecule is COP(N)(=O)OC(=O)[C@H](C)N. The lowest BCUT2D eigenvalue weighted by Gasteiger charge is -2.11. The quantitative estimate of drug-likeness (QED) is 0.575. The molecular formula is C4H11N2O4P. The summed E-state index contributed by atoms with van der Waals surface area (Å²) in [5, 5.41) is 0. The fourth-order valence-electron chi connectivity index (χ4n) is 0.246. The second-order valence-electron chi connectivity index (χ2n) is 1.92. The molecule has 0 rings (SSSR count). The van der Waals surface area contributed by atoms with E-state index in [1.165, 1.54) is 6.92 Å². The predicted octanol–water partition coefficient (Wildman–Crippen LogP) is -0.410. The Balaban J connectivity index is 4.05. The molecule has 0 aromatic carbocycles. The molecular weight excluding hydrogens is 171 g/mol. The monoisotopic (exact) mass is 182 g/mol. The van der Waals surface area contributed by atoms with Crippen LogP contribution in [0.1, 0.15) is 6.92 Å². The van der Waals surface area contributed by atoms with Gasteiger partial charge in [0.05, 0.1) is 0 Å². The molecule has 0 aliphatic carbocycles. The molecule has 0 radical (unpaired) electrons. The van der Waals surface area contributed by atoms with Crippen molar-refractivity contribution >= 4 is 13.7 Å². The zero-order chi connectivity index (χ0) is 9.07. The number of hydrogen-bond donors (Lipinski definition) is 2. The zero-order valence-electron chi connectivity index (χ0n) is 6.31. The van der Waals surface area contributed by atoms with Crippen molar-refractivity contribution in [1.82, 2.24) is 0 Å². The van der Waals surface area contributed by atoms with Crippen LogP contribution in [0.2, 0.25) is 0 Å². The largest absolute Gasteiger partial charge is 0.457 e. The molecule has 2 atom stereocenters. The smallest absolute Gasteiger partial charge is 0.379 e. The Bertz CT molecular complexity index is 193. The third-order valence-electron chi connectivity index (χ3n) is 0.843. The highest BCUT2D eigenvalue weighted by molar-refractivity contribution is 7.51. The van der Waals surface area contributed by atoms with Gasteiger partial charge in [0.15, 0.2) is 0 Å². The second-order valence-corrected chi connectivity index (χ2v) is 3.55.